The first-order valence-electron chi connectivity index (χ1n) is 9.19. The van der Waals surface area contributed by atoms with E-state index in [0.29, 0.717) is 5.56 Å². The van der Waals surface area contributed by atoms with Crippen molar-refractivity contribution in [2.45, 2.75) is 19.0 Å². The highest BCUT2D eigenvalue weighted by atomic mass is 16.1. The summed E-state index contributed by atoms with van der Waals surface area (Å²) in [6.45, 7) is 0.777. The van der Waals surface area contributed by atoms with Crippen LogP contribution in [-0.2, 0) is 6.54 Å². The Balaban J connectivity index is 1.48. The third-order valence-electron chi connectivity index (χ3n) is 4.67. The van der Waals surface area contributed by atoms with E-state index < -0.39 is 0 Å². The van der Waals surface area contributed by atoms with Crippen LogP contribution in [0.1, 0.15) is 28.4 Å². The van der Waals surface area contributed by atoms with Gasteiger partial charge in [-0.05, 0) is 36.2 Å². The largest absolute Gasteiger partial charge is 0.345 e. The Morgan fingerprint density at radius 1 is 0.929 bits per heavy atom. The lowest BCUT2D eigenvalue weighted by molar-refractivity contribution is 0.0933. The zero-order chi connectivity index (χ0) is 19.2. The molecule has 0 spiro atoms. The number of nitrogens with zero attached hydrogens (tertiary/aromatic N) is 4. The van der Waals surface area contributed by atoms with E-state index in [1.54, 1.807) is 25.0 Å². The second-order valence-corrected chi connectivity index (χ2v) is 6.54. The lowest BCUT2D eigenvalue weighted by atomic mass is 10.0. The highest BCUT2D eigenvalue weighted by Crippen LogP contribution is 2.19. The number of amides is 1. The predicted molar refractivity (Wildman–Crippen MR) is 107 cm³/mol. The molecule has 6 nitrogen and oxygen atoms in total. The van der Waals surface area contributed by atoms with E-state index in [-0.39, 0.29) is 11.9 Å². The summed E-state index contributed by atoms with van der Waals surface area (Å²) in [6.07, 6.45) is 11.6. The van der Waals surface area contributed by atoms with Gasteiger partial charge in [0.05, 0.1) is 18.7 Å². The van der Waals surface area contributed by atoms with Crippen molar-refractivity contribution in [2.75, 3.05) is 0 Å². The maximum Gasteiger partial charge on any atom is 0.251 e. The molecule has 4 aromatic rings. The molecule has 1 atom stereocenters. The van der Waals surface area contributed by atoms with Crippen molar-refractivity contribution in [3.63, 3.8) is 0 Å². The molecule has 0 radical (unpaired) electrons. The van der Waals surface area contributed by atoms with Crippen LogP contribution >= 0.6 is 0 Å². The topological polar surface area (TPSA) is 64.7 Å². The van der Waals surface area contributed by atoms with Crippen LogP contribution in [0.15, 0.2) is 92.0 Å². The van der Waals surface area contributed by atoms with Gasteiger partial charge in [0.2, 0.25) is 0 Å². The van der Waals surface area contributed by atoms with Gasteiger partial charge >= 0.3 is 0 Å². The molecule has 0 bridgehead atoms. The molecule has 0 fully saturated rings. The number of aryl methyl sites for hydroxylation is 1. The first-order valence-corrected chi connectivity index (χ1v) is 9.19. The zero-order valence-electron chi connectivity index (χ0n) is 15.3. The van der Waals surface area contributed by atoms with Crippen LogP contribution in [-0.4, -0.2) is 25.0 Å². The molecule has 2 aromatic heterocycles. The van der Waals surface area contributed by atoms with E-state index in [1.807, 2.05) is 76.1 Å². The molecule has 0 saturated heterocycles. The van der Waals surface area contributed by atoms with Crippen molar-refractivity contribution in [1.82, 2.24) is 24.4 Å². The first kappa shape index (κ1) is 17.7. The van der Waals surface area contributed by atoms with Gasteiger partial charge in [0.15, 0.2) is 0 Å². The zero-order valence-corrected chi connectivity index (χ0v) is 15.3. The lowest BCUT2D eigenvalue weighted by Crippen LogP contribution is -2.29. The summed E-state index contributed by atoms with van der Waals surface area (Å²) in [5.74, 6) is -0.0864. The Labute approximate surface area is 163 Å². The smallest absolute Gasteiger partial charge is 0.251 e. The van der Waals surface area contributed by atoms with E-state index >= 15 is 0 Å². The molecule has 1 amide bonds. The van der Waals surface area contributed by atoms with Crippen LogP contribution in [0.25, 0.3) is 5.69 Å². The quantitative estimate of drug-likeness (QED) is 0.539. The Morgan fingerprint density at radius 3 is 2.36 bits per heavy atom. The summed E-state index contributed by atoms with van der Waals surface area (Å²) in [4.78, 5) is 21.0. The molecule has 140 valence electrons. The standard InChI is InChI=1S/C22H21N5O/c28-22(19-6-8-20(9-7-19)27-15-12-24-17-27)25-21(18-4-2-1-3-5-18)10-13-26-14-11-23-16-26/h1-9,11-12,14-17,21H,10,13H2,(H,25,28)/t21-/m1/s1. The number of imidazole rings is 2. The third-order valence-corrected chi connectivity index (χ3v) is 4.67. The van der Waals surface area contributed by atoms with Crippen molar-refractivity contribution >= 4 is 5.91 Å². The summed E-state index contributed by atoms with van der Waals surface area (Å²) in [6, 6.07) is 17.5. The van der Waals surface area contributed by atoms with Gasteiger partial charge < -0.3 is 14.5 Å². The van der Waals surface area contributed by atoms with E-state index in [9.17, 15) is 4.79 Å². The van der Waals surface area contributed by atoms with Gasteiger partial charge in [-0.1, -0.05) is 30.3 Å². The average molecular weight is 371 g/mol. The fourth-order valence-corrected chi connectivity index (χ4v) is 3.14. The third kappa shape index (κ3) is 4.17. The molecule has 0 saturated carbocycles. The van der Waals surface area contributed by atoms with E-state index in [0.717, 1.165) is 24.2 Å². The normalized spacial score (nSPS) is 11.9. The van der Waals surface area contributed by atoms with Crippen molar-refractivity contribution in [3.05, 3.63) is 103 Å². The van der Waals surface area contributed by atoms with Gasteiger partial charge in [-0.3, -0.25) is 4.79 Å². The van der Waals surface area contributed by atoms with E-state index in [1.165, 1.54) is 0 Å². The highest BCUT2D eigenvalue weighted by molar-refractivity contribution is 5.94. The van der Waals surface area contributed by atoms with Crippen molar-refractivity contribution in [2.24, 2.45) is 0 Å². The molecule has 4 rings (SSSR count). The van der Waals surface area contributed by atoms with Gasteiger partial charge in [0, 0.05) is 42.6 Å². The SMILES string of the molecule is O=C(N[C@H](CCn1ccnc1)c1ccccc1)c1ccc(-n2ccnc2)cc1. The second kappa shape index (κ2) is 8.35. The molecule has 28 heavy (non-hydrogen) atoms. The van der Waals surface area contributed by atoms with Gasteiger partial charge in [-0.25, -0.2) is 9.97 Å². The number of benzene rings is 2. The maximum absolute atomic E-state index is 12.8. The van der Waals surface area contributed by atoms with Gasteiger partial charge in [-0.15, -0.1) is 0 Å². The molecule has 2 aromatic carbocycles. The van der Waals surface area contributed by atoms with Crippen LogP contribution in [0, 0.1) is 0 Å². The highest BCUT2D eigenvalue weighted by Gasteiger charge is 2.16. The number of carbonyl (C=O) groups is 1. The van der Waals surface area contributed by atoms with Crippen LogP contribution in [0.4, 0.5) is 0 Å². The molecule has 1 N–H and O–H groups in total. The van der Waals surface area contributed by atoms with Gasteiger partial charge in [0.25, 0.3) is 5.91 Å². The Kier molecular flexibility index (Phi) is 5.29. The number of rotatable bonds is 7. The molecule has 0 unspecified atom stereocenters. The Hall–Kier alpha value is -3.67. The first-order chi connectivity index (χ1) is 13.8. The second-order valence-electron chi connectivity index (χ2n) is 6.54. The molecule has 0 aliphatic heterocycles. The number of nitrogens with one attached hydrogen (secondary N) is 1. The molecular formula is C22H21N5O. The Morgan fingerprint density at radius 2 is 1.68 bits per heavy atom. The van der Waals surface area contributed by atoms with Gasteiger partial charge in [0.1, 0.15) is 0 Å². The number of aromatic nitrogens is 4. The summed E-state index contributed by atoms with van der Waals surface area (Å²) >= 11 is 0. The minimum atomic E-state index is -0.0864. The summed E-state index contributed by atoms with van der Waals surface area (Å²) in [5, 5.41) is 3.17. The van der Waals surface area contributed by atoms with Gasteiger partial charge in [-0.2, -0.15) is 0 Å². The number of hydrogen-bond donors (Lipinski definition) is 1. The van der Waals surface area contributed by atoms with Crippen molar-refractivity contribution < 1.29 is 4.79 Å². The monoisotopic (exact) mass is 371 g/mol. The Bertz CT molecular complexity index is 993. The number of hydrogen-bond acceptors (Lipinski definition) is 3. The van der Waals surface area contributed by atoms with Crippen LogP contribution in [0.5, 0.6) is 0 Å². The van der Waals surface area contributed by atoms with Crippen LogP contribution in [0.2, 0.25) is 0 Å². The summed E-state index contributed by atoms with van der Waals surface area (Å²) < 4.78 is 3.92. The maximum atomic E-state index is 12.8. The summed E-state index contributed by atoms with van der Waals surface area (Å²) in [5.41, 5.74) is 2.69. The van der Waals surface area contributed by atoms with Crippen molar-refractivity contribution in [1.29, 1.82) is 0 Å². The van der Waals surface area contributed by atoms with E-state index in [4.69, 9.17) is 0 Å². The summed E-state index contributed by atoms with van der Waals surface area (Å²) in [7, 11) is 0. The molecule has 0 aliphatic rings. The average Bonchev–Trinajstić information content (AvgIpc) is 3.46. The predicted octanol–water partition coefficient (Wildman–Crippen LogP) is 3.63. The fourth-order valence-electron chi connectivity index (χ4n) is 3.14. The van der Waals surface area contributed by atoms with Crippen molar-refractivity contribution in [3.8, 4) is 5.69 Å². The molecular weight excluding hydrogens is 350 g/mol. The minimum absolute atomic E-state index is 0.0792. The molecule has 2 heterocycles. The minimum Gasteiger partial charge on any atom is -0.345 e. The van der Waals surface area contributed by atoms with E-state index in [2.05, 4.69) is 15.3 Å². The molecule has 6 heteroatoms. The van der Waals surface area contributed by atoms with Crippen LogP contribution < -0.4 is 5.32 Å². The lowest BCUT2D eigenvalue weighted by Gasteiger charge is -2.20. The fraction of sp³-hybridized carbons (Fsp3) is 0.136. The molecule has 0 aliphatic carbocycles. The van der Waals surface area contributed by atoms with Crippen LogP contribution in [0.3, 0.4) is 0 Å². The number of carbonyl (C=O) groups excluding carboxylic acids is 1.